The molecular formula is C24H27F3N6O5S. The number of nitrogens with one attached hydrogen (secondary N) is 1. The first-order valence-corrected chi connectivity index (χ1v) is 13.5. The molecule has 0 bridgehead atoms. The summed E-state index contributed by atoms with van der Waals surface area (Å²) in [5.41, 5.74) is -4.96. The minimum Gasteiger partial charge on any atom is -0.310 e. The van der Waals surface area contributed by atoms with Gasteiger partial charge >= 0.3 is 11.5 Å². The highest BCUT2D eigenvalue weighted by atomic mass is 32.2. The molecule has 2 aliphatic rings. The summed E-state index contributed by atoms with van der Waals surface area (Å²) in [6.07, 6.45) is 1.46. The number of benzene rings is 1. The molecule has 1 aromatic carbocycles. The number of rotatable bonds is 7. The highest BCUT2D eigenvalue weighted by molar-refractivity contribution is 7.92. The third-order valence-corrected chi connectivity index (χ3v) is 8.10. The van der Waals surface area contributed by atoms with Crippen LogP contribution in [-0.2, 0) is 26.0 Å². The van der Waals surface area contributed by atoms with Crippen LogP contribution in [0.4, 0.5) is 29.5 Å². The van der Waals surface area contributed by atoms with Gasteiger partial charge in [0.15, 0.2) is 0 Å². The molecule has 2 aliphatic heterocycles. The number of nitrogens with zero attached hydrogens (tertiary/aromatic N) is 5. The van der Waals surface area contributed by atoms with Gasteiger partial charge in [-0.1, -0.05) is 0 Å². The molecule has 1 N–H and O–H groups in total. The van der Waals surface area contributed by atoms with Gasteiger partial charge < -0.3 is 15.1 Å². The predicted octanol–water partition coefficient (Wildman–Crippen LogP) is 1.92. The standard InChI is InChI=1S/C24H27F3N6O5S/c1-16-22(35)33(18-3-5-19(6-4-18)39(37,38)24(25,26)27)23(36)32(16)14-17-7-8-28-20(13-17)29-21(34)15-31-11-9-30(2)10-12-31/h3-8,13,16H,9-12,14-15H2,1-2H3,(H,28,29,34). The van der Waals surface area contributed by atoms with E-state index in [-0.39, 0.29) is 30.5 Å². The Morgan fingerprint density at radius 2 is 1.72 bits per heavy atom. The Balaban J connectivity index is 1.43. The number of sulfone groups is 1. The molecule has 0 aliphatic carbocycles. The van der Waals surface area contributed by atoms with E-state index in [1.807, 2.05) is 11.9 Å². The van der Waals surface area contributed by atoms with Crippen LogP contribution in [0.3, 0.4) is 0 Å². The summed E-state index contributed by atoms with van der Waals surface area (Å²) < 4.78 is 61.7. The minimum absolute atomic E-state index is 0.00731. The molecular weight excluding hydrogens is 541 g/mol. The van der Waals surface area contributed by atoms with Crippen molar-refractivity contribution in [3.63, 3.8) is 0 Å². The molecule has 1 aromatic heterocycles. The van der Waals surface area contributed by atoms with Crippen LogP contribution < -0.4 is 10.2 Å². The second-order valence-corrected chi connectivity index (χ2v) is 11.3. The van der Waals surface area contributed by atoms with Crippen LogP contribution in [0.25, 0.3) is 0 Å². The Kier molecular flexibility index (Phi) is 7.95. The molecule has 15 heteroatoms. The lowest BCUT2D eigenvalue weighted by Crippen LogP contribution is -2.47. The van der Waals surface area contributed by atoms with Crippen LogP contribution in [-0.4, -0.2) is 97.3 Å². The number of alkyl halides is 3. The van der Waals surface area contributed by atoms with Crippen molar-refractivity contribution in [3.05, 3.63) is 48.2 Å². The Labute approximate surface area is 223 Å². The first-order chi connectivity index (χ1) is 18.3. The topological polar surface area (TPSA) is 123 Å². The average Bonchev–Trinajstić information content (AvgIpc) is 3.08. The van der Waals surface area contributed by atoms with Gasteiger partial charge in [-0.15, -0.1) is 0 Å². The lowest BCUT2D eigenvalue weighted by Gasteiger charge is -2.31. The number of aromatic nitrogens is 1. The molecule has 3 heterocycles. The van der Waals surface area contributed by atoms with E-state index in [9.17, 15) is 36.0 Å². The summed E-state index contributed by atoms with van der Waals surface area (Å²) in [5.74, 6) is -0.566. The van der Waals surface area contributed by atoms with Crippen molar-refractivity contribution < 1.29 is 36.0 Å². The van der Waals surface area contributed by atoms with E-state index in [0.29, 0.717) is 17.7 Å². The zero-order chi connectivity index (χ0) is 28.5. The van der Waals surface area contributed by atoms with Gasteiger partial charge in [-0.05, 0) is 55.9 Å². The molecule has 2 fully saturated rings. The van der Waals surface area contributed by atoms with E-state index < -0.39 is 38.2 Å². The van der Waals surface area contributed by atoms with Crippen molar-refractivity contribution in [2.45, 2.75) is 29.9 Å². The van der Waals surface area contributed by atoms with E-state index in [1.54, 1.807) is 12.1 Å². The third kappa shape index (κ3) is 6.04. The van der Waals surface area contributed by atoms with Crippen molar-refractivity contribution in [3.8, 4) is 0 Å². The third-order valence-electron chi connectivity index (χ3n) is 6.60. The first kappa shape index (κ1) is 28.4. The molecule has 1 unspecified atom stereocenters. The van der Waals surface area contributed by atoms with E-state index in [0.717, 1.165) is 43.2 Å². The highest BCUT2D eigenvalue weighted by Crippen LogP contribution is 2.33. The summed E-state index contributed by atoms with van der Waals surface area (Å²) in [6, 6.07) is 4.94. The molecule has 4 rings (SSSR count). The van der Waals surface area contributed by atoms with Crippen molar-refractivity contribution in [1.82, 2.24) is 19.7 Å². The number of amides is 4. The molecule has 1 atom stereocenters. The monoisotopic (exact) mass is 568 g/mol. The molecule has 0 spiro atoms. The molecule has 0 saturated carbocycles. The van der Waals surface area contributed by atoms with E-state index in [1.165, 1.54) is 18.0 Å². The van der Waals surface area contributed by atoms with Crippen molar-refractivity contribution in [2.24, 2.45) is 0 Å². The Morgan fingerprint density at radius 1 is 1.08 bits per heavy atom. The summed E-state index contributed by atoms with van der Waals surface area (Å²) in [4.78, 5) is 47.9. The van der Waals surface area contributed by atoms with Gasteiger partial charge in [0.2, 0.25) is 5.91 Å². The predicted molar refractivity (Wildman–Crippen MR) is 134 cm³/mol. The van der Waals surface area contributed by atoms with Crippen LogP contribution in [0, 0.1) is 0 Å². The molecule has 39 heavy (non-hydrogen) atoms. The quantitative estimate of drug-likeness (QED) is 0.503. The molecule has 11 nitrogen and oxygen atoms in total. The fourth-order valence-corrected chi connectivity index (χ4v) is 5.05. The maximum atomic E-state index is 13.1. The maximum Gasteiger partial charge on any atom is 0.501 e. The van der Waals surface area contributed by atoms with Gasteiger partial charge in [-0.3, -0.25) is 14.5 Å². The van der Waals surface area contributed by atoms with Gasteiger partial charge in [0.1, 0.15) is 11.9 Å². The van der Waals surface area contributed by atoms with E-state index in [2.05, 4.69) is 15.2 Å². The fraction of sp³-hybridized carbons (Fsp3) is 0.417. The number of hydrogen-bond acceptors (Lipinski definition) is 8. The van der Waals surface area contributed by atoms with E-state index in [4.69, 9.17) is 0 Å². The number of pyridine rings is 1. The van der Waals surface area contributed by atoms with Gasteiger partial charge in [-0.25, -0.2) is 23.1 Å². The number of anilines is 2. The number of imide groups is 1. The lowest BCUT2D eigenvalue weighted by atomic mass is 10.2. The normalized spacial score (nSPS) is 19.6. The molecule has 4 amide bonds. The van der Waals surface area contributed by atoms with Crippen LogP contribution in [0.5, 0.6) is 0 Å². The largest absolute Gasteiger partial charge is 0.501 e. The van der Waals surface area contributed by atoms with Gasteiger partial charge in [-0.2, -0.15) is 13.2 Å². The fourth-order valence-electron chi connectivity index (χ4n) is 4.29. The summed E-state index contributed by atoms with van der Waals surface area (Å²) in [7, 11) is -3.55. The van der Waals surface area contributed by atoms with Gasteiger partial charge in [0, 0.05) is 38.9 Å². The van der Waals surface area contributed by atoms with E-state index >= 15 is 0 Å². The highest BCUT2D eigenvalue weighted by Gasteiger charge is 2.47. The van der Waals surface area contributed by atoms with Crippen LogP contribution in [0.2, 0.25) is 0 Å². The second kappa shape index (κ2) is 10.9. The number of urea groups is 1. The minimum atomic E-state index is -5.57. The second-order valence-electron chi connectivity index (χ2n) is 9.38. The maximum absolute atomic E-state index is 13.1. The number of carbonyl (C=O) groups excluding carboxylic acids is 3. The average molecular weight is 569 g/mol. The lowest BCUT2D eigenvalue weighted by molar-refractivity contribution is -0.119. The van der Waals surface area contributed by atoms with Gasteiger partial charge in [0.05, 0.1) is 17.1 Å². The Morgan fingerprint density at radius 3 is 2.33 bits per heavy atom. The molecule has 2 saturated heterocycles. The summed E-state index contributed by atoms with van der Waals surface area (Å²) in [5, 5.41) is 2.74. The summed E-state index contributed by atoms with van der Waals surface area (Å²) >= 11 is 0. The Bertz CT molecular complexity index is 1360. The molecule has 210 valence electrons. The van der Waals surface area contributed by atoms with Crippen LogP contribution in [0.1, 0.15) is 12.5 Å². The number of carbonyl (C=O) groups is 3. The number of likely N-dealkylation sites (N-methyl/N-ethyl adjacent to an activating group) is 1. The summed E-state index contributed by atoms with van der Waals surface area (Å²) in [6.45, 7) is 5.00. The number of piperazine rings is 1. The van der Waals surface area contributed by atoms with Crippen molar-refractivity contribution in [2.75, 3.05) is 50.0 Å². The van der Waals surface area contributed by atoms with Crippen molar-refractivity contribution in [1.29, 1.82) is 0 Å². The first-order valence-electron chi connectivity index (χ1n) is 12.0. The zero-order valence-electron chi connectivity index (χ0n) is 21.2. The number of halogens is 3. The van der Waals surface area contributed by atoms with Crippen molar-refractivity contribution >= 4 is 39.2 Å². The number of hydrogen-bond donors (Lipinski definition) is 1. The SMILES string of the molecule is CC1C(=O)N(c2ccc(S(=O)(=O)C(F)(F)F)cc2)C(=O)N1Cc1ccnc(NC(=O)CN2CCN(C)CC2)c1. The molecule has 0 radical (unpaired) electrons. The smallest absolute Gasteiger partial charge is 0.310 e. The Hall–Kier alpha value is -3.56. The zero-order valence-corrected chi connectivity index (χ0v) is 22.0. The van der Waals surface area contributed by atoms with Crippen LogP contribution in [0.15, 0.2) is 47.5 Å². The van der Waals surface area contributed by atoms with Crippen LogP contribution >= 0.6 is 0 Å². The van der Waals surface area contributed by atoms with Gasteiger partial charge in [0.25, 0.3) is 15.7 Å². The molecule has 2 aromatic rings.